The van der Waals surface area contributed by atoms with Crippen LogP contribution in [0.2, 0.25) is 26.2 Å². The molecule has 10 heteroatoms. The van der Waals surface area contributed by atoms with Gasteiger partial charge in [-0.3, -0.25) is 0 Å². The van der Waals surface area contributed by atoms with Gasteiger partial charge < -0.3 is 8.85 Å². The lowest BCUT2D eigenvalue weighted by Gasteiger charge is -2.29. The lowest BCUT2D eigenvalue weighted by Crippen LogP contribution is -2.41. The molecule has 0 saturated heterocycles. The maximum atomic E-state index is 5.73. The van der Waals surface area contributed by atoms with E-state index in [-0.39, 0.29) is 0 Å². The van der Waals surface area contributed by atoms with Crippen molar-refractivity contribution in [2.45, 2.75) is 62.6 Å². The van der Waals surface area contributed by atoms with Gasteiger partial charge in [-0.1, -0.05) is 35.4 Å². The van der Waals surface area contributed by atoms with Crippen LogP contribution in [0.3, 0.4) is 0 Å². The molecule has 0 N–H and O–H groups in total. The summed E-state index contributed by atoms with van der Waals surface area (Å²) in [6.07, 6.45) is 2.37. The molecule has 0 heterocycles. The Hall–Kier alpha value is 2.45. The van der Waals surface area contributed by atoms with E-state index in [2.05, 4.69) is 40.0 Å². The molecule has 0 bridgehead atoms. The molecule has 0 fully saturated rings. The number of hydrogen-bond acceptors (Lipinski definition) is 8. The summed E-state index contributed by atoms with van der Waals surface area (Å²) in [5, 5.41) is 0. The molecule has 0 aromatic rings. The lowest BCUT2D eigenvalue weighted by atomic mass is 10.6. The lowest BCUT2D eigenvalue weighted by molar-refractivity contribution is 0.400. The predicted molar refractivity (Wildman–Crippen MR) is 123 cm³/mol. The van der Waals surface area contributed by atoms with Gasteiger partial charge >= 0.3 is 0 Å². The van der Waals surface area contributed by atoms with E-state index in [9.17, 15) is 0 Å². The molecule has 2 unspecified atom stereocenters. The Morgan fingerprint density at radius 2 is 1.00 bits per heavy atom. The van der Waals surface area contributed by atoms with Gasteiger partial charge in [0.25, 0.3) is 0 Å². The van der Waals surface area contributed by atoms with Gasteiger partial charge in [-0.25, -0.2) is 0 Å². The Morgan fingerprint density at radius 1 is 0.682 bits per heavy atom. The average Bonchev–Trinajstić information content (AvgIpc) is 2.49. The molecule has 0 amide bonds. The third-order valence-corrected chi connectivity index (χ3v) is 26.1. The van der Waals surface area contributed by atoms with Crippen molar-refractivity contribution in [3.8, 4) is 0 Å². The quantitative estimate of drug-likeness (QED) is 0.162. The summed E-state index contributed by atoms with van der Waals surface area (Å²) < 4.78 is 11.5. The van der Waals surface area contributed by atoms with Crippen molar-refractivity contribution < 1.29 is 8.85 Å². The van der Waals surface area contributed by atoms with E-state index in [0.29, 0.717) is 9.75 Å². The van der Waals surface area contributed by atoms with E-state index in [1.54, 1.807) is 0 Å². The summed E-state index contributed by atoms with van der Waals surface area (Å²) in [6.45, 7) is 13.7. The summed E-state index contributed by atoms with van der Waals surface area (Å²) in [5.41, 5.74) is 0. The largest absolute Gasteiger partial charge is 0.419 e. The first-order valence-corrected chi connectivity index (χ1v) is 20.9. The Morgan fingerprint density at radius 3 is 1.23 bits per heavy atom. The van der Waals surface area contributed by atoms with Crippen molar-refractivity contribution in [3.63, 3.8) is 0 Å². The van der Waals surface area contributed by atoms with E-state index >= 15 is 0 Å². The molecule has 0 aliphatic rings. The summed E-state index contributed by atoms with van der Waals surface area (Å²) in [6, 6.07) is 0. The van der Waals surface area contributed by atoms with Gasteiger partial charge in [0.1, 0.15) is 0 Å². The molecule has 2 nitrogen and oxygen atoms in total. The molecule has 0 aromatic heterocycles. The van der Waals surface area contributed by atoms with E-state index < -0.39 is 16.6 Å². The second-order valence-corrected chi connectivity index (χ2v) is 25.1. The molecular weight excluding hydrogens is 425 g/mol. The molecular formula is C12H30O2S6Si2. The molecule has 134 valence electrons. The molecule has 0 aromatic carbocycles. The fourth-order valence-corrected chi connectivity index (χ4v) is 24.6. The number of rotatable bonds is 13. The number of hydrogen-bond donors (Lipinski definition) is 0. The topological polar surface area (TPSA) is 18.5 Å². The molecule has 0 radical (unpaired) electrons. The minimum absolute atomic E-state index is 0.650. The van der Waals surface area contributed by atoms with Crippen LogP contribution in [0.1, 0.15) is 26.7 Å². The van der Waals surface area contributed by atoms with Crippen LogP contribution < -0.4 is 0 Å². The van der Waals surface area contributed by atoms with Crippen molar-refractivity contribution in [1.29, 1.82) is 0 Å². The monoisotopic (exact) mass is 454 g/mol. The summed E-state index contributed by atoms with van der Waals surface area (Å²) in [7, 11) is 12.2. The Bertz CT molecular complexity index is 269. The van der Waals surface area contributed by atoms with Crippen molar-refractivity contribution in [1.82, 2.24) is 0 Å². The highest BCUT2D eigenvalue weighted by molar-refractivity contribution is 9.42. The van der Waals surface area contributed by atoms with Crippen LogP contribution in [-0.2, 0) is 8.85 Å². The van der Waals surface area contributed by atoms with Crippen molar-refractivity contribution in [2.75, 3.05) is 14.2 Å². The second-order valence-electron chi connectivity index (χ2n) is 5.87. The van der Waals surface area contributed by atoms with Crippen LogP contribution in [0.4, 0.5) is 0 Å². The zero-order valence-electron chi connectivity index (χ0n) is 14.8. The predicted octanol–water partition coefficient (Wildman–Crippen LogP) is 7.30. The van der Waals surface area contributed by atoms with Crippen LogP contribution in [0.25, 0.3) is 0 Å². The maximum Gasteiger partial charge on any atom is 0.199 e. The fourth-order valence-electron chi connectivity index (χ4n) is 1.76. The van der Waals surface area contributed by atoms with Gasteiger partial charge in [0, 0.05) is 24.0 Å². The smallest absolute Gasteiger partial charge is 0.199 e. The first kappa shape index (κ1) is 24.5. The zero-order chi connectivity index (χ0) is 17.2. The third-order valence-electron chi connectivity index (χ3n) is 3.74. The van der Waals surface area contributed by atoms with Crippen LogP contribution >= 0.6 is 60.9 Å². The average molecular weight is 455 g/mol. The SMILES string of the molecule is CCC(SSSSSSC(CC)[Si](C)(C)OC)[Si](C)(C)OC. The van der Waals surface area contributed by atoms with Gasteiger partial charge in [0.05, 0.1) is 0 Å². The fraction of sp³-hybridized carbons (Fsp3) is 1.00. The van der Waals surface area contributed by atoms with Crippen LogP contribution in [0, 0.1) is 0 Å². The summed E-state index contributed by atoms with van der Waals surface area (Å²) in [4.78, 5) is 1.30. The van der Waals surface area contributed by atoms with Crippen LogP contribution in [0.5, 0.6) is 0 Å². The summed E-state index contributed by atoms with van der Waals surface area (Å²) >= 11 is 0. The first-order chi connectivity index (χ1) is 10.2. The van der Waals surface area contributed by atoms with Crippen LogP contribution in [0.15, 0.2) is 0 Å². The Labute approximate surface area is 162 Å². The van der Waals surface area contributed by atoms with Gasteiger partial charge in [-0.15, -0.1) is 0 Å². The van der Waals surface area contributed by atoms with Crippen molar-refractivity contribution >= 4 is 77.5 Å². The molecule has 0 aliphatic heterocycles. The van der Waals surface area contributed by atoms with E-state index in [1.165, 1.54) is 12.8 Å². The van der Waals surface area contributed by atoms with Crippen molar-refractivity contribution in [3.05, 3.63) is 0 Å². The van der Waals surface area contributed by atoms with Crippen LogP contribution in [-0.4, -0.2) is 40.6 Å². The van der Waals surface area contributed by atoms with E-state index in [1.807, 2.05) is 75.1 Å². The molecule has 0 rings (SSSR count). The first-order valence-electron chi connectivity index (χ1n) is 7.34. The Kier molecular flexibility index (Phi) is 14.2. The summed E-state index contributed by atoms with van der Waals surface area (Å²) in [5.74, 6) is 0. The van der Waals surface area contributed by atoms with Gasteiger partial charge in [-0.05, 0) is 78.3 Å². The minimum Gasteiger partial charge on any atom is -0.419 e. The normalized spacial score (nSPS) is 15.8. The standard InChI is InChI=1S/C12H30O2S6Si2/c1-9-11(21(5,6)13-3)15-17-19-20-18-16-12(10-2)22(7,8)14-4/h11-12H,9-10H2,1-8H3. The second kappa shape index (κ2) is 12.7. The highest BCUT2D eigenvalue weighted by Gasteiger charge is 2.33. The molecule has 0 spiro atoms. The molecule has 22 heavy (non-hydrogen) atoms. The minimum atomic E-state index is -1.53. The third kappa shape index (κ3) is 9.23. The van der Waals surface area contributed by atoms with Crippen molar-refractivity contribution in [2.24, 2.45) is 0 Å². The highest BCUT2D eigenvalue weighted by atomic mass is 33.9. The maximum absolute atomic E-state index is 5.73. The van der Waals surface area contributed by atoms with E-state index in [4.69, 9.17) is 8.85 Å². The molecule has 0 saturated carbocycles. The highest BCUT2D eigenvalue weighted by Crippen LogP contribution is 2.55. The molecule has 2 atom stereocenters. The van der Waals surface area contributed by atoms with E-state index in [0.717, 1.165) is 0 Å². The Balaban J connectivity index is 3.94. The van der Waals surface area contributed by atoms with Gasteiger partial charge in [0.15, 0.2) is 16.6 Å². The van der Waals surface area contributed by atoms with Gasteiger partial charge in [-0.2, -0.15) is 0 Å². The van der Waals surface area contributed by atoms with Gasteiger partial charge in [0.2, 0.25) is 0 Å². The zero-order valence-corrected chi connectivity index (χ0v) is 21.7. The molecule has 0 aliphatic carbocycles.